The zero-order valence-corrected chi connectivity index (χ0v) is 10.4. The van der Waals surface area contributed by atoms with Crippen LogP contribution in [0.25, 0.3) is 0 Å². The van der Waals surface area contributed by atoms with E-state index in [1.54, 1.807) is 4.90 Å². The van der Waals surface area contributed by atoms with Crippen molar-refractivity contribution in [3.05, 3.63) is 0 Å². The molecule has 1 amide bonds. The van der Waals surface area contributed by atoms with Gasteiger partial charge in [0, 0.05) is 12.5 Å². The Morgan fingerprint density at radius 3 is 2.35 bits per heavy atom. The molecular formula is C13H21NO3. The summed E-state index contributed by atoms with van der Waals surface area (Å²) < 4.78 is 0. The highest BCUT2D eigenvalue weighted by Crippen LogP contribution is 2.31. The first-order valence-corrected chi connectivity index (χ1v) is 6.63. The van der Waals surface area contributed by atoms with Crippen molar-refractivity contribution in [3.8, 4) is 0 Å². The fraction of sp³-hybridized carbons (Fsp3) is 0.846. The minimum Gasteiger partial charge on any atom is -0.480 e. The quantitative estimate of drug-likeness (QED) is 0.800. The maximum Gasteiger partial charge on any atom is 0.326 e. The Morgan fingerprint density at radius 1 is 1.12 bits per heavy atom. The van der Waals surface area contributed by atoms with Crippen LogP contribution in [0.3, 0.4) is 0 Å². The minimum atomic E-state index is -0.847. The molecule has 4 heteroatoms. The van der Waals surface area contributed by atoms with Crippen LogP contribution >= 0.6 is 0 Å². The first kappa shape index (κ1) is 12.4. The number of nitrogens with zero attached hydrogens (tertiary/aromatic N) is 1. The summed E-state index contributed by atoms with van der Waals surface area (Å²) in [5.41, 5.74) is 0. The zero-order valence-electron chi connectivity index (χ0n) is 10.4. The van der Waals surface area contributed by atoms with E-state index in [2.05, 4.69) is 6.92 Å². The minimum absolute atomic E-state index is 0.0751. The smallest absolute Gasteiger partial charge is 0.326 e. The first-order valence-electron chi connectivity index (χ1n) is 6.63. The first-order chi connectivity index (χ1) is 8.09. The van der Waals surface area contributed by atoms with E-state index >= 15 is 0 Å². The van der Waals surface area contributed by atoms with E-state index in [0.717, 1.165) is 32.1 Å². The standard InChI is InChI=1S/C13H21NO3/c1-9-4-6-10(7-5-9)12(15)14-8-2-3-11(14)13(16)17/h9-11H,2-8H2,1H3,(H,16,17)/t9?,10?,11-/m0/s1. The molecule has 1 aliphatic heterocycles. The largest absolute Gasteiger partial charge is 0.480 e. The highest BCUT2D eigenvalue weighted by molar-refractivity contribution is 5.85. The van der Waals surface area contributed by atoms with Gasteiger partial charge < -0.3 is 10.0 Å². The second-order valence-electron chi connectivity index (χ2n) is 5.48. The van der Waals surface area contributed by atoms with Crippen molar-refractivity contribution in [2.45, 2.75) is 51.5 Å². The predicted octanol–water partition coefficient (Wildman–Crippen LogP) is 1.89. The van der Waals surface area contributed by atoms with Crippen LogP contribution < -0.4 is 0 Å². The average Bonchev–Trinajstić information content (AvgIpc) is 2.78. The summed E-state index contributed by atoms with van der Waals surface area (Å²) in [6.07, 6.45) is 5.51. The van der Waals surface area contributed by atoms with Crippen LogP contribution in [-0.2, 0) is 9.59 Å². The number of carbonyl (C=O) groups is 2. The zero-order chi connectivity index (χ0) is 12.4. The lowest BCUT2D eigenvalue weighted by Crippen LogP contribution is -2.44. The van der Waals surface area contributed by atoms with Crippen LogP contribution in [-0.4, -0.2) is 34.5 Å². The van der Waals surface area contributed by atoms with Gasteiger partial charge in [-0.1, -0.05) is 6.92 Å². The van der Waals surface area contributed by atoms with E-state index < -0.39 is 12.0 Å². The van der Waals surface area contributed by atoms with Gasteiger partial charge >= 0.3 is 5.97 Å². The second kappa shape index (κ2) is 5.07. The Balaban J connectivity index is 1.97. The third kappa shape index (κ3) is 2.61. The lowest BCUT2D eigenvalue weighted by atomic mass is 9.82. The highest BCUT2D eigenvalue weighted by atomic mass is 16.4. The second-order valence-corrected chi connectivity index (χ2v) is 5.48. The van der Waals surface area contributed by atoms with E-state index in [0.29, 0.717) is 18.9 Å². The van der Waals surface area contributed by atoms with Gasteiger partial charge in [0.05, 0.1) is 0 Å². The van der Waals surface area contributed by atoms with E-state index in [1.165, 1.54) is 0 Å². The number of rotatable bonds is 2. The van der Waals surface area contributed by atoms with E-state index in [9.17, 15) is 9.59 Å². The molecule has 2 rings (SSSR count). The molecule has 0 aromatic rings. The predicted molar refractivity (Wildman–Crippen MR) is 63.5 cm³/mol. The van der Waals surface area contributed by atoms with Crippen LogP contribution in [0.15, 0.2) is 0 Å². The van der Waals surface area contributed by atoms with Gasteiger partial charge in [-0.15, -0.1) is 0 Å². The van der Waals surface area contributed by atoms with Gasteiger partial charge in [-0.25, -0.2) is 4.79 Å². The molecule has 1 N–H and O–H groups in total. The third-order valence-electron chi connectivity index (χ3n) is 4.19. The molecule has 1 aliphatic carbocycles. The lowest BCUT2D eigenvalue weighted by molar-refractivity contribution is -0.150. The number of hydrogen-bond donors (Lipinski definition) is 1. The number of likely N-dealkylation sites (tertiary alicyclic amines) is 1. The van der Waals surface area contributed by atoms with Crippen molar-refractivity contribution in [2.24, 2.45) is 11.8 Å². The van der Waals surface area contributed by atoms with Crippen molar-refractivity contribution in [1.29, 1.82) is 0 Å². The summed E-state index contributed by atoms with van der Waals surface area (Å²) in [5.74, 6) is 0.0286. The number of carboxylic acid groups (broad SMARTS) is 1. The molecule has 0 unspecified atom stereocenters. The maximum absolute atomic E-state index is 12.3. The number of carboxylic acids is 1. The molecule has 4 nitrogen and oxygen atoms in total. The lowest BCUT2D eigenvalue weighted by Gasteiger charge is -2.30. The average molecular weight is 239 g/mol. The highest BCUT2D eigenvalue weighted by Gasteiger charge is 2.37. The number of amides is 1. The number of carbonyl (C=O) groups excluding carboxylic acids is 1. The Bertz CT molecular complexity index is 308. The van der Waals surface area contributed by atoms with Crippen LogP contribution in [0.5, 0.6) is 0 Å². The van der Waals surface area contributed by atoms with Gasteiger partial charge in [-0.2, -0.15) is 0 Å². The van der Waals surface area contributed by atoms with Gasteiger partial charge in [0.1, 0.15) is 6.04 Å². The van der Waals surface area contributed by atoms with Gasteiger partial charge in [0.2, 0.25) is 5.91 Å². The van der Waals surface area contributed by atoms with Crippen molar-refractivity contribution >= 4 is 11.9 Å². The summed E-state index contributed by atoms with van der Waals surface area (Å²) in [6, 6.07) is -0.568. The van der Waals surface area contributed by atoms with Crippen molar-refractivity contribution in [1.82, 2.24) is 4.90 Å². The summed E-state index contributed by atoms with van der Waals surface area (Å²) in [4.78, 5) is 24.9. The van der Waals surface area contributed by atoms with E-state index in [-0.39, 0.29) is 11.8 Å². The number of hydrogen-bond acceptors (Lipinski definition) is 2. The normalized spacial score (nSPS) is 33.7. The summed E-state index contributed by atoms with van der Waals surface area (Å²) in [7, 11) is 0. The fourth-order valence-corrected chi connectivity index (χ4v) is 3.03. The van der Waals surface area contributed by atoms with Crippen molar-refractivity contribution in [2.75, 3.05) is 6.54 Å². The molecule has 0 radical (unpaired) electrons. The molecule has 2 aliphatic rings. The fourth-order valence-electron chi connectivity index (χ4n) is 3.03. The van der Waals surface area contributed by atoms with Gasteiger partial charge in [0.15, 0.2) is 0 Å². The topological polar surface area (TPSA) is 57.6 Å². The molecule has 0 aromatic carbocycles. The molecule has 1 saturated carbocycles. The molecule has 1 atom stereocenters. The molecule has 1 heterocycles. The molecule has 0 bridgehead atoms. The molecule has 17 heavy (non-hydrogen) atoms. The monoisotopic (exact) mass is 239 g/mol. The van der Waals surface area contributed by atoms with Gasteiger partial charge in [0.25, 0.3) is 0 Å². The van der Waals surface area contributed by atoms with Crippen molar-refractivity contribution < 1.29 is 14.7 Å². The molecule has 1 saturated heterocycles. The molecule has 0 aromatic heterocycles. The van der Waals surface area contributed by atoms with Crippen LogP contribution in [0, 0.1) is 11.8 Å². The summed E-state index contributed by atoms with van der Waals surface area (Å²) in [6.45, 7) is 2.85. The van der Waals surface area contributed by atoms with E-state index in [1.807, 2.05) is 0 Å². The SMILES string of the molecule is CC1CCC(C(=O)N2CCC[C@H]2C(=O)O)CC1. The van der Waals surface area contributed by atoms with Gasteiger partial charge in [-0.3, -0.25) is 4.79 Å². The Hall–Kier alpha value is -1.06. The maximum atomic E-state index is 12.3. The summed E-state index contributed by atoms with van der Waals surface area (Å²) in [5, 5.41) is 9.08. The summed E-state index contributed by atoms with van der Waals surface area (Å²) >= 11 is 0. The molecule has 2 fully saturated rings. The molecule has 0 spiro atoms. The third-order valence-corrected chi connectivity index (χ3v) is 4.19. The van der Waals surface area contributed by atoms with Crippen LogP contribution in [0.4, 0.5) is 0 Å². The van der Waals surface area contributed by atoms with Crippen molar-refractivity contribution in [3.63, 3.8) is 0 Å². The van der Waals surface area contributed by atoms with Crippen LogP contribution in [0.1, 0.15) is 45.4 Å². The van der Waals surface area contributed by atoms with Crippen LogP contribution in [0.2, 0.25) is 0 Å². The molecule has 96 valence electrons. The number of aliphatic carboxylic acids is 1. The Morgan fingerprint density at radius 2 is 1.76 bits per heavy atom. The Kier molecular flexibility index (Phi) is 3.69. The van der Waals surface area contributed by atoms with Gasteiger partial charge in [-0.05, 0) is 44.4 Å². The van der Waals surface area contributed by atoms with E-state index in [4.69, 9.17) is 5.11 Å². The Labute approximate surface area is 102 Å². The molecular weight excluding hydrogens is 218 g/mol.